The molecule has 1 saturated carbocycles. The van der Waals surface area contributed by atoms with E-state index in [-0.39, 0.29) is 5.82 Å². The highest BCUT2D eigenvalue weighted by Crippen LogP contribution is 2.33. The fraction of sp³-hybridized carbons (Fsp3) is 0.500. The predicted molar refractivity (Wildman–Crippen MR) is 50.0 cm³/mol. The van der Waals surface area contributed by atoms with Gasteiger partial charge in [-0.2, -0.15) is 0 Å². The van der Waals surface area contributed by atoms with Crippen molar-refractivity contribution in [3.63, 3.8) is 0 Å². The minimum Gasteiger partial charge on any atom is -0.367 e. The van der Waals surface area contributed by atoms with Crippen LogP contribution in [-0.2, 0) is 0 Å². The zero-order valence-electron chi connectivity index (χ0n) is 7.63. The van der Waals surface area contributed by atoms with Crippen molar-refractivity contribution in [2.24, 2.45) is 5.92 Å². The van der Waals surface area contributed by atoms with Gasteiger partial charge in [-0.05, 0) is 37.8 Å². The highest BCUT2D eigenvalue weighted by Gasteiger charge is 2.27. The number of nitrogens with one attached hydrogen (secondary N) is 1. The minimum absolute atomic E-state index is 0.287. The first-order valence-corrected chi connectivity index (χ1v) is 4.64. The lowest BCUT2D eigenvalue weighted by Gasteiger charge is -2.12. The number of pyridine rings is 1. The molecule has 2 nitrogen and oxygen atoms in total. The molecule has 1 aliphatic carbocycles. The maximum atomic E-state index is 12.5. The van der Waals surface area contributed by atoms with Crippen molar-refractivity contribution in [1.82, 2.24) is 4.98 Å². The Kier molecular flexibility index (Phi) is 2.17. The average molecular weight is 180 g/mol. The third-order valence-corrected chi connectivity index (χ3v) is 2.43. The van der Waals surface area contributed by atoms with Crippen molar-refractivity contribution in [2.75, 3.05) is 5.32 Å². The lowest BCUT2D eigenvalue weighted by molar-refractivity contribution is 0.620. The topological polar surface area (TPSA) is 24.9 Å². The molecular weight excluding hydrogens is 167 g/mol. The van der Waals surface area contributed by atoms with Gasteiger partial charge in [0.15, 0.2) is 0 Å². The van der Waals surface area contributed by atoms with Crippen LogP contribution in [-0.4, -0.2) is 11.0 Å². The summed E-state index contributed by atoms with van der Waals surface area (Å²) in [4.78, 5) is 3.94. The Bertz CT molecular complexity index is 279. The summed E-state index contributed by atoms with van der Waals surface area (Å²) >= 11 is 0. The Morgan fingerprint density at radius 3 is 2.85 bits per heavy atom. The molecule has 0 saturated heterocycles. The summed E-state index contributed by atoms with van der Waals surface area (Å²) in [5.74, 6) is 1.26. The molecule has 0 spiro atoms. The average Bonchev–Trinajstić information content (AvgIpc) is 2.91. The van der Waals surface area contributed by atoms with Gasteiger partial charge < -0.3 is 5.32 Å². The summed E-state index contributed by atoms with van der Waals surface area (Å²) in [5, 5.41) is 3.25. The molecule has 13 heavy (non-hydrogen) atoms. The van der Waals surface area contributed by atoms with Crippen molar-refractivity contribution in [1.29, 1.82) is 0 Å². The molecule has 1 atom stereocenters. The number of anilines is 1. The van der Waals surface area contributed by atoms with E-state index < -0.39 is 0 Å². The quantitative estimate of drug-likeness (QED) is 0.772. The van der Waals surface area contributed by atoms with Crippen LogP contribution in [0.3, 0.4) is 0 Å². The van der Waals surface area contributed by atoms with Crippen molar-refractivity contribution in [2.45, 2.75) is 25.8 Å². The molecular formula is C10H13FN2. The van der Waals surface area contributed by atoms with Gasteiger partial charge in [0.25, 0.3) is 0 Å². The van der Waals surface area contributed by atoms with Gasteiger partial charge >= 0.3 is 0 Å². The third kappa shape index (κ3) is 2.17. The Morgan fingerprint density at radius 1 is 1.54 bits per heavy atom. The fourth-order valence-corrected chi connectivity index (χ4v) is 1.41. The standard InChI is InChI=1S/C10H13FN2/c1-7(8-2-3-8)13-10-5-4-9(11)6-12-10/h4-8H,2-3H2,1H3,(H,12,13). The first-order valence-electron chi connectivity index (χ1n) is 4.64. The van der Waals surface area contributed by atoms with E-state index in [1.807, 2.05) is 0 Å². The first-order chi connectivity index (χ1) is 6.25. The zero-order valence-corrected chi connectivity index (χ0v) is 7.63. The number of halogens is 1. The molecule has 0 aromatic carbocycles. The van der Waals surface area contributed by atoms with Gasteiger partial charge in [-0.25, -0.2) is 9.37 Å². The molecule has 1 fully saturated rings. The summed E-state index contributed by atoms with van der Waals surface area (Å²) in [7, 11) is 0. The van der Waals surface area contributed by atoms with Crippen molar-refractivity contribution in [3.05, 3.63) is 24.1 Å². The van der Waals surface area contributed by atoms with Gasteiger partial charge in [0, 0.05) is 6.04 Å². The number of hydrogen-bond donors (Lipinski definition) is 1. The van der Waals surface area contributed by atoms with E-state index in [0.29, 0.717) is 6.04 Å². The second kappa shape index (κ2) is 3.32. The molecule has 3 heteroatoms. The van der Waals surface area contributed by atoms with E-state index >= 15 is 0 Å². The van der Waals surface area contributed by atoms with Gasteiger partial charge in [0.1, 0.15) is 11.6 Å². The SMILES string of the molecule is CC(Nc1ccc(F)cn1)C1CC1. The Balaban J connectivity index is 1.96. The number of hydrogen-bond acceptors (Lipinski definition) is 2. The van der Waals surface area contributed by atoms with Gasteiger partial charge in [0.05, 0.1) is 6.20 Å². The van der Waals surface area contributed by atoms with Crippen LogP contribution in [0, 0.1) is 11.7 Å². The van der Waals surface area contributed by atoms with Crippen LogP contribution in [0.25, 0.3) is 0 Å². The molecule has 1 N–H and O–H groups in total. The molecule has 70 valence electrons. The molecule has 1 aromatic rings. The third-order valence-electron chi connectivity index (χ3n) is 2.43. The monoisotopic (exact) mass is 180 g/mol. The van der Waals surface area contributed by atoms with Crippen LogP contribution in [0.2, 0.25) is 0 Å². The summed E-state index contributed by atoms with van der Waals surface area (Å²) < 4.78 is 12.5. The minimum atomic E-state index is -0.287. The van der Waals surface area contributed by atoms with Gasteiger partial charge in [0.2, 0.25) is 0 Å². The number of aromatic nitrogens is 1. The fourth-order valence-electron chi connectivity index (χ4n) is 1.41. The summed E-state index contributed by atoms with van der Waals surface area (Å²) in [5.41, 5.74) is 0. The second-order valence-corrected chi connectivity index (χ2v) is 3.63. The van der Waals surface area contributed by atoms with Crippen molar-refractivity contribution < 1.29 is 4.39 Å². The molecule has 2 rings (SSSR count). The second-order valence-electron chi connectivity index (χ2n) is 3.63. The zero-order chi connectivity index (χ0) is 9.26. The van der Waals surface area contributed by atoms with Crippen molar-refractivity contribution >= 4 is 5.82 Å². The normalized spacial score (nSPS) is 18.3. The summed E-state index contributed by atoms with van der Waals surface area (Å²) in [6.07, 6.45) is 3.84. The molecule has 1 aromatic heterocycles. The van der Waals surface area contributed by atoms with Crippen LogP contribution in [0.5, 0.6) is 0 Å². The number of nitrogens with zero attached hydrogens (tertiary/aromatic N) is 1. The Morgan fingerprint density at radius 2 is 2.31 bits per heavy atom. The number of rotatable bonds is 3. The van der Waals surface area contributed by atoms with Gasteiger partial charge in [-0.15, -0.1) is 0 Å². The van der Waals surface area contributed by atoms with Crippen LogP contribution >= 0.6 is 0 Å². The van der Waals surface area contributed by atoms with E-state index in [2.05, 4.69) is 17.2 Å². The highest BCUT2D eigenvalue weighted by molar-refractivity contribution is 5.35. The lowest BCUT2D eigenvalue weighted by atomic mass is 10.2. The smallest absolute Gasteiger partial charge is 0.141 e. The van der Waals surface area contributed by atoms with Crippen LogP contribution in [0.15, 0.2) is 18.3 Å². The molecule has 0 bridgehead atoms. The molecule has 0 amide bonds. The maximum absolute atomic E-state index is 12.5. The summed E-state index contributed by atoms with van der Waals surface area (Å²) in [6, 6.07) is 3.56. The Labute approximate surface area is 77.2 Å². The first kappa shape index (κ1) is 8.48. The molecule has 0 radical (unpaired) electrons. The highest BCUT2D eigenvalue weighted by atomic mass is 19.1. The maximum Gasteiger partial charge on any atom is 0.141 e. The van der Waals surface area contributed by atoms with E-state index in [0.717, 1.165) is 11.7 Å². The molecule has 0 aliphatic heterocycles. The largest absolute Gasteiger partial charge is 0.367 e. The van der Waals surface area contributed by atoms with Gasteiger partial charge in [-0.3, -0.25) is 0 Å². The van der Waals surface area contributed by atoms with Gasteiger partial charge in [-0.1, -0.05) is 0 Å². The van der Waals surface area contributed by atoms with E-state index in [1.54, 1.807) is 6.07 Å². The Hall–Kier alpha value is -1.12. The van der Waals surface area contributed by atoms with Crippen molar-refractivity contribution in [3.8, 4) is 0 Å². The molecule has 1 unspecified atom stereocenters. The van der Waals surface area contributed by atoms with Crippen LogP contribution in [0.1, 0.15) is 19.8 Å². The van der Waals surface area contributed by atoms with Crippen LogP contribution in [0.4, 0.5) is 10.2 Å². The predicted octanol–water partition coefficient (Wildman–Crippen LogP) is 2.43. The molecule has 1 aliphatic rings. The van der Waals surface area contributed by atoms with Crippen LogP contribution < -0.4 is 5.32 Å². The van der Waals surface area contributed by atoms with E-state index in [9.17, 15) is 4.39 Å². The summed E-state index contributed by atoms with van der Waals surface area (Å²) in [6.45, 7) is 2.14. The lowest BCUT2D eigenvalue weighted by Crippen LogP contribution is -2.17. The van der Waals surface area contributed by atoms with E-state index in [4.69, 9.17) is 0 Å². The molecule has 1 heterocycles. The van der Waals surface area contributed by atoms with E-state index in [1.165, 1.54) is 25.1 Å².